The fourth-order valence-corrected chi connectivity index (χ4v) is 3.01. The van der Waals surface area contributed by atoms with Crippen LogP contribution in [0.15, 0.2) is 60.0 Å². The Labute approximate surface area is 144 Å². The topological polar surface area (TPSA) is 48.4 Å². The number of thiazole rings is 1. The van der Waals surface area contributed by atoms with Gasteiger partial charge in [-0.3, -0.25) is 4.79 Å². The van der Waals surface area contributed by atoms with Crippen LogP contribution in [-0.4, -0.2) is 18.1 Å². The van der Waals surface area contributed by atoms with Crippen molar-refractivity contribution in [3.05, 3.63) is 70.7 Å². The molecule has 5 heteroatoms. The third kappa shape index (κ3) is 4.00. The molecule has 24 heavy (non-hydrogen) atoms. The number of rotatable bonds is 6. The summed E-state index contributed by atoms with van der Waals surface area (Å²) in [6.07, 6.45) is 0.188. The summed E-state index contributed by atoms with van der Waals surface area (Å²) < 4.78 is 10.6. The zero-order chi connectivity index (χ0) is 16.8. The molecule has 0 amide bonds. The molecule has 0 spiro atoms. The maximum Gasteiger partial charge on any atom is 0.311 e. The molecule has 0 radical (unpaired) electrons. The summed E-state index contributed by atoms with van der Waals surface area (Å²) in [6, 6.07) is 18.0. The Hall–Kier alpha value is -2.66. The van der Waals surface area contributed by atoms with E-state index in [0.29, 0.717) is 12.3 Å². The van der Waals surface area contributed by atoms with E-state index < -0.39 is 0 Å². The highest BCUT2D eigenvalue weighted by atomic mass is 32.1. The van der Waals surface area contributed by atoms with E-state index in [0.717, 1.165) is 21.9 Å². The van der Waals surface area contributed by atoms with Crippen molar-refractivity contribution in [2.45, 2.75) is 13.0 Å². The molecule has 4 nitrogen and oxygen atoms in total. The third-order valence-corrected chi connectivity index (χ3v) is 4.35. The molecule has 0 aliphatic carbocycles. The number of carbonyl (C=O) groups excluding carboxylic acids is 1. The van der Waals surface area contributed by atoms with E-state index in [4.69, 9.17) is 4.74 Å². The fourth-order valence-electron chi connectivity index (χ4n) is 2.30. The Morgan fingerprint density at radius 2 is 1.83 bits per heavy atom. The Morgan fingerprint density at radius 3 is 2.62 bits per heavy atom. The molecule has 1 aromatic heterocycles. The number of carbonyl (C=O) groups is 1. The van der Waals surface area contributed by atoms with Crippen LogP contribution in [0.3, 0.4) is 0 Å². The van der Waals surface area contributed by atoms with Crippen LogP contribution in [0.2, 0.25) is 0 Å². The summed E-state index contributed by atoms with van der Waals surface area (Å²) in [4.78, 5) is 15.7. The third-order valence-electron chi connectivity index (χ3n) is 3.48. The summed E-state index contributed by atoms with van der Waals surface area (Å²) in [5.41, 5.74) is 2.87. The number of aromatic nitrogens is 1. The Bertz CT molecular complexity index is 814. The van der Waals surface area contributed by atoms with Crippen molar-refractivity contribution in [2.75, 3.05) is 7.11 Å². The molecule has 0 atom stereocenters. The SMILES string of the molecule is COC(=O)Cc1csc(COc2ccccc2-c2ccccc2)n1. The first-order valence-corrected chi connectivity index (χ1v) is 8.41. The fraction of sp³-hybridized carbons (Fsp3) is 0.158. The van der Waals surface area contributed by atoms with Crippen LogP contribution < -0.4 is 4.74 Å². The van der Waals surface area contributed by atoms with E-state index >= 15 is 0 Å². The second-order valence-corrected chi connectivity index (χ2v) is 6.08. The van der Waals surface area contributed by atoms with Gasteiger partial charge < -0.3 is 9.47 Å². The Morgan fingerprint density at radius 1 is 1.08 bits per heavy atom. The lowest BCUT2D eigenvalue weighted by molar-refractivity contribution is -0.139. The standard InChI is InChI=1S/C19H17NO3S/c1-22-19(21)11-15-13-24-18(20-15)12-23-17-10-6-5-9-16(17)14-7-3-2-4-8-14/h2-10,13H,11-12H2,1H3. The van der Waals surface area contributed by atoms with Crippen LogP contribution in [0.25, 0.3) is 11.1 Å². The van der Waals surface area contributed by atoms with E-state index in [-0.39, 0.29) is 12.4 Å². The number of hydrogen-bond acceptors (Lipinski definition) is 5. The average molecular weight is 339 g/mol. The molecule has 0 bridgehead atoms. The number of hydrogen-bond donors (Lipinski definition) is 0. The first-order valence-electron chi connectivity index (χ1n) is 7.53. The van der Waals surface area contributed by atoms with Gasteiger partial charge in [-0.1, -0.05) is 48.5 Å². The van der Waals surface area contributed by atoms with Crippen molar-refractivity contribution in [2.24, 2.45) is 0 Å². The van der Waals surface area contributed by atoms with Gasteiger partial charge in [-0.2, -0.15) is 0 Å². The molecule has 0 saturated carbocycles. The summed E-state index contributed by atoms with van der Waals surface area (Å²) in [7, 11) is 1.37. The van der Waals surface area contributed by atoms with Crippen LogP contribution in [0, 0.1) is 0 Å². The van der Waals surface area contributed by atoms with Crippen LogP contribution in [0.5, 0.6) is 5.75 Å². The molecule has 3 aromatic rings. The maximum atomic E-state index is 11.3. The molecular weight excluding hydrogens is 322 g/mol. The monoisotopic (exact) mass is 339 g/mol. The number of methoxy groups -OCH3 is 1. The Balaban J connectivity index is 1.71. The molecule has 0 saturated heterocycles. The molecule has 0 unspecified atom stereocenters. The summed E-state index contributed by atoms with van der Waals surface area (Å²) in [6.45, 7) is 0.371. The maximum absolute atomic E-state index is 11.3. The minimum atomic E-state index is -0.290. The first-order chi connectivity index (χ1) is 11.8. The second-order valence-electron chi connectivity index (χ2n) is 5.14. The number of nitrogens with zero attached hydrogens (tertiary/aromatic N) is 1. The van der Waals surface area contributed by atoms with Crippen molar-refractivity contribution < 1.29 is 14.3 Å². The van der Waals surface area contributed by atoms with E-state index in [9.17, 15) is 4.79 Å². The van der Waals surface area contributed by atoms with Gasteiger partial charge >= 0.3 is 5.97 Å². The number of para-hydroxylation sites is 1. The molecule has 0 aliphatic heterocycles. The zero-order valence-corrected chi connectivity index (χ0v) is 14.1. The van der Waals surface area contributed by atoms with E-state index in [1.807, 2.05) is 47.8 Å². The van der Waals surface area contributed by atoms with Crippen molar-refractivity contribution >= 4 is 17.3 Å². The lowest BCUT2D eigenvalue weighted by Crippen LogP contribution is -2.05. The van der Waals surface area contributed by atoms with Gasteiger partial charge in [-0.25, -0.2) is 4.98 Å². The van der Waals surface area contributed by atoms with Crippen LogP contribution >= 0.6 is 11.3 Å². The summed E-state index contributed by atoms with van der Waals surface area (Å²) >= 11 is 1.48. The van der Waals surface area contributed by atoms with Gasteiger partial charge in [0.1, 0.15) is 17.4 Å². The van der Waals surface area contributed by atoms with Gasteiger partial charge in [0.2, 0.25) is 0 Å². The molecule has 2 aromatic carbocycles. The van der Waals surface area contributed by atoms with Crippen molar-refractivity contribution in [3.8, 4) is 16.9 Å². The molecule has 122 valence electrons. The van der Waals surface area contributed by atoms with Gasteiger partial charge in [-0.05, 0) is 11.6 Å². The van der Waals surface area contributed by atoms with Gasteiger partial charge in [0.25, 0.3) is 0 Å². The highest BCUT2D eigenvalue weighted by Gasteiger charge is 2.10. The van der Waals surface area contributed by atoms with E-state index in [2.05, 4.69) is 21.9 Å². The van der Waals surface area contributed by atoms with Crippen LogP contribution in [-0.2, 0) is 22.6 Å². The predicted molar refractivity (Wildman–Crippen MR) is 94.0 cm³/mol. The molecular formula is C19H17NO3S. The molecule has 3 rings (SSSR count). The zero-order valence-electron chi connectivity index (χ0n) is 13.3. The van der Waals surface area contributed by atoms with Gasteiger partial charge in [0.15, 0.2) is 0 Å². The molecule has 0 aliphatic rings. The van der Waals surface area contributed by atoms with Crippen LogP contribution in [0.4, 0.5) is 0 Å². The Kier molecular flexibility index (Phi) is 5.23. The number of benzene rings is 2. The smallest absolute Gasteiger partial charge is 0.311 e. The highest BCUT2D eigenvalue weighted by molar-refractivity contribution is 7.09. The minimum absolute atomic E-state index is 0.188. The number of esters is 1. The van der Waals surface area contributed by atoms with Gasteiger partial charge in [0, 0.05) is 10.9 Å². The lowest BCUT2D eigenvalue weighted by atomic mass is 10.1. The van der Waals surface area contributed by atoms with Crippen molar-refractivity contribution in [1.29, 1.82) is 0 Å². The van der Waals surface area contributed by atoms with Gasteiger partial charge in [0.05, 0.1) is 19.2 Å². The largest absolute Gasteiger partial charge is 0.486 e. The van der Waals surface area contributed by atoms with Crippen LogP contribution in [0.1, 0.15) is 10.7 Å². The first kappa shape index (κ1) is 16.2. The summed E-state index contributed by atoms with van der Waals surface area (Å²) in [5, 5.41) is 2.69. The molecule has 0 fully saturated rings. The molecule has 0 N–H and O–H groups in total. The van der Waals surface area contributed by atoms with E-state index in [1.165, 1.54) is 18.4 Å². The van der Waals surface area contributed by atoms with Crippen molar-refractivity contribution in [1.82, 2.24) is 4.98 Å². The second kappa shape index (κ2) is 7.75. The minimum Gasteiger partial charge on any atom is -0.486 e. The van der Waals surface area contributed by atoms with Gasteiger partial charge in [-0.15, -0.1) is 11.3 Å². The number of ether oxygens (including phenoxy) is 2. The van der Waals surface area contributed by atoms with Crippen molar-refractivity contribution in [3.63, 3.8) is 0 Å². The molecule has 1 heterocycles. The van der Waals surface area contributed by atoms with E-state index in [1.54, 1.807) is 0 Å². The normalized spacial score (nSPS) is 10.4. The quantitative estimate of drug-likeness (QED) is 0.634. The highest BCUT2D eigenvalue weighted by Crippen LogP contribution is 2.30. The summed E-state index contributed by atoms with van der Waals surface area (Å²) in [5.74, 6) is 0.524. The average Bonchev–Trinajstić information content (AvgIpc) is 3.08. The predicted octanol–water partition coefficient (Wildman–Crippen LogP) is 4.10. The lowest BCUT2D eigenvalue weighted by Gasteiger charge is -2.10.